The van der Waals surface area contributed by atoms with Crippen molar-refractivity contribution in [1.82, 2.24) is 0 Å². The molecule has 0 aromatic carbocycles. The molecule has 0 aromatic heterocycles. The van der Waals surface area contributed by atoms with Gasteiger partial charge in [-0.15, -0.1) is 0 Å². The van der Waals surface area contributed by atoms with Crippen LogP contribution in [0.25, 0.3) is 0 Å². The number of aliphatic hydroxyl groups is 1. The minimum Gasteiger partial charge on any atom is -0.462 e. The highest BCUT2D eigenvalue weighted by molar-refractivity contribution is 7.47. The van der Waals surface area contributed by atoms with Crippen LogP contribution in [0.2, 0.25) is 0 Å². The molecule has 0 aliphatic heterocycles. The Morgan fingerprint density at radius 1 is 0.315 bits per heavy atom. The maximum atomic E-state index is 13.0. The van der Waals surface area contributed by atoms with E-state index in [-0.39, 0.29) is 25.7 Å². The molecule has 0 heterocycles. The molecule has 17 nitrogen and oxygen atoms in total. The Bertz CT molecular complexity index is 2040. The van der Waals surface area contributed by atoms with Crippen molar-refractivity contribution in [3.63, 3.8) is 0 Å². The van der Waals surface area contributed by atoms with Crippen molar-refractivity contribution in [2.75, 3.05) is 39.6 Å². The number of rotatable bonds is 68. The summed E-state index contributed by atoms with van der Waals surface area (Å²) in [5.41, 5.74) is 0. The summed E-state index contributed by atoms with van der Waals surface area (Å²) in [5.74, 6) is -2.20. The molecule has 0 radical (unpaired) electrons. The molecular formula is C73H130O17P2. The lowest BCUT2D eigenvalue weighted by atomic mass is 10.1. The first-order valence-corrected chi connectivity index (χ1v) is 39.2. The molecule has 0 aliphatic rings. The first-order chi connectivity index (χ1) is 44.7. The van der Waals surface area contributed by atoms with E-state index in [2.05, 4.69) is 101 Å². The molecule has 5 unspecified atom stereocenters. The van der Waals surface area contributed by atoms with Crippen molar-refractivity contribution in [3.8, 4) is 0 Å². The number of unbranched alkanes of at least 4 members (excludes halogenated alkanes) is 30. The predicted molar refractivity (Wildman–Crippen MR) is 372 cm³/mol. The van der Waals surface area contributed by atoms with Gasteiger partial charge in [0.1, 0.15) is 19.3 Å². The molecule has 3 N–H and O–H groups in total. The number of phosphoric acid groups is 2. The summed E-state index contributed by atoms with van der Waals surface area (Å²) in [6.07, 6.45) is 63.4. The number of ether oxygens (including phenoxy) is 4. The standard InChI is InChI=1S/C73H130O17P2/c1-5-9-13-17-21-25-29-32-33-36-39-42-46-50-54-58-71(76)84-64-69(90-73(78)60-56-52-48-44-40-35-31-27-23-19-15-11-7-3)66-88-92(81,82)86-62-67(74)61-85-91(79,80)87-65-68(89-72(77)59-55-51-47-43-37-28-24-20-16-12-8-4)63-83-70(75)57-53-49-45-41-38-34-30-26-22-18-14-10-6-2/h9,13,15,19,21,25-27,30-33,67-69,74H,5-8,10-12,14,16-18,20,22-24,28-29,34-66H2,1-4H3,(H,79,80)(H,81,82)/b13-9-,19-15-,25-21-,30-26-,31-27-,33-32-. The van der Waals surface area contributed by atoms with Crippen LogP contribution in [0.15, 0.2) is 72.9 Å². The van der Waals surface area contributed by atoms with Gasteiger partial charge in [0.15, 0.2) is 12.2 Å². The van der Waals surface area contributed by atoms with Gasteiger partial charge in [0.2, 0.25) is 0 Å². The molecule has 0 bridgehead atoms. The van der Waals surface area contributed by atoms with E-state index >= 15 is 0 Å². The lowest BCUT2D eigenvalue weighted by Gasteiger charge is -2.21. The molecule has 92 heavy (non-hydrogen) atoms. The van der Waals surface area contributed by atoms with Crippen LogP contribution in [0.4, 0.5) is 0 Å². The van der Waals surface area contributed by atoms with Gasteiger partial charge in [-0.3, -0.25) is 37.3 Å². The predicted octanol–water partition coefficient (Wildman–Crippen LogP) is 20.1. The zero-order valence-corrected chi connectivity index (χ0v) is 59.8. The summed E-state index contributed by atoms with van der Waals surface area (Å²) in [4.78, 5) is 72.6. The fraction of sp³-hybridized carbons (Fsp3) is 0.781. The van der Waals surface area contributed by atoms with E-state index in [1.807, 2.05) is 0 Å². The third-order valence-corrected chi connectivity index (χ3v) is 17.0. The summed E-state index contributed by atoms with van der Waals surface area (Å²) in [6, 6.07) is 0. The van der Waals surface area contributed by atoms with Gasteiger partial charge in [-0.1, -0.05) is 248 Å². The zero-order chi connectivity index (χ0) is 67.5. The highest BCUT2D eigenvalue weighted by Crippen LogP contribution is 2.45. The van der Waals surface area contributed by atoms with Crippen molar-refractivity contribution in [3.05, 3.63) is 72.9 Å². The Kier molecular flexibility index (Phi) is 63.6. The Morgan fingerprint density at radius 2 is 0.587 bits per heavy atom. The number of hydrogen-bond acceptors (Lipinski definition) is 15. The van der Waals surface area contributed by atoms with Gasteiger partial charge in [0, 0.05) is 25.7 Å². The van der Waals surface area contributed by atoms with E-state index in [9.17, 15) is 43.2 Å². The molecule has 0 aromatic rings. The highest BCUT2D eigenvalue weighted by atomic mass is 31.2. The summed E-state index contributed by atoms with van der Waals surface area (Å²) in [7, 11) is -9.93. The molecule has 0 fully saturated rings. The number of carbonyl (C=O) groups is 4. The molecule has 0 amide bonds. The summed E-state index contributed by atoms with van der Waals surface area (Å²) in [6.45, 7) is 4.64. The van der Waals surface area contributed by atoms with Crippen LogP contribution in [0.1, 0.15) is 310 Å². The van der Waals surface area contributed by atoms with Crippen LogP contribution < -0.4 is 0 Å². The molecule has 0 saturated heterocycles. The normalized spacial score (nSPS) is 14.5. The van der Waals surface area contributed by atoms with E-state index < -0.39 is 97.5 Å². The Balaban J connectivity index is 5.32. The Morgan fingerprint density at radius 3 is 0.935 bits per heavy atom. The van der Waals surface area contributed by atoms with Crippen LogP contribution in [-0.4, -0.2) is 96.7 Å². The molecule has 0 saturated carbocycles. The fourth-order valence-corrected chi connectivity index (χ4v) is 11.2. The van der Waals surface area contributed by atoms with Crippen molar-refractivity contribution < 1.29 is 80.2 Å². The summed E-state index contributed by atoms with van der Waals surface area (Å²) < 4.78 is 68.2. The minimum atomic E-state index is -4.97. The van der Waals surface area contributed by atoms with Crippen LogP contribution in [0.5, 0.6) is 0 Å². The maximum absolute atomic E-state index is 13.0. The smallest absolute Gasteiger partial charge is 0.462 e. The molecule has 0 aliphatic carbocycles. The number of allylic oxidation sites excluding steroid dienone is 12. The van der Waals surface area contributed by atoms with E-state index in [1.54, 1.807) is 0 Å². The van der Waals surface area contributed by atoms with Gasteiger partial charge < -0.3 is 33.8 Å². The van der Waals surface area contributed by atoms with Crippen molar-refractivity contribution in [1.29, 1.82) is 0 Å². The van der Waals surface area contributed by atoms with E-state index in [4.69, 9.17) is 37.0 Å². The third kappa shape index (κ3) is 65.2. The topological polar surface area (TPSA) is 237 Å². The molecule has 534 valence electrons. The van der Waals surface area contributed by atoms with Crippen LogP contribution >= 0.6 is 15.6 Å². The average molecular weight is 1340 g/mol. The number of carbonyl (C=O) groups excluding carboxylic acids is 4. The lowest BCUT2D eigenvalue weighted by molar-refractivity contribution is -0.161. The third-order valence-electron chi connectivity index (χ3n) is 15.1. The molecule has 0 rings (SSSR count). The summed E-state index contributed by atoms with van der Waals surface area (Å²) in [5, 5.41) is 10.6. The van der Waals surface area contributed by atoms with Crippen LogP contribution in [0.3, 0.4) is 0 Å². The maximum Gasteiger partial charge on any atom is 0.472 e. The van der Waals surface area contributed by atoms with E-state index in [1.165, 1.54) is 64.2 Å². The van der Waals surface area contributed by atoms with Crippen molar-refractivity contribution in [2.45, 2.75) is 329 Å². The fourth-order valence-electron chi connectivity index (χ4n) is 9.62. The second kappa shape index (κ2) is 66.1. The second-order valence-electron chi connectivity index (χ2n) is 24.2. The summed E-state index contributed by atoms with van der Waals surface area (Å²) >= 11 is 0. The minimum absolute atomic E-state index is 0.0765. The molecule has 19 heteroatoms. The van der Waals surface area contributed by atoms with Gasteiger partial charge in [0.05, 0.1) is 26.4 Å². The average Bonchev–Trinajstić information content (AvgIpc) is 2.73. The van der Waals surface area contributed by atoms with E-state index in [0.29, 0.717) is 25.7 Å². The number of aliphatic hydroxyl groups excluding tert-OH is 1. The molecular weight excluding hydrogens is 1210 g/mol. The SMILES string of the molecule is CC/C=C\C/C=C\C/C=C\CCCCCCCC(=O)OCC(COP(=O)(O)OCC(O)COP(=O)(O)OCC(COC(=O)CCCCCCC/C=C\CCCCCC)OC(=O)CCCCCCCCCCCCC)OC(=O)CCCCCCC/C=C\C/C=C\CCC. The van der Waals surface area contributed by atoms with Gasteiger partial charge in [-0.05, 0) is 109 Å². The second-order valence-corrected chi connectivity index (χ2v) is 27.1. The number of esters is 4. The molecule has 0 spiro atoms. The first kappa shape index (κ1) is 88.5. The molecule has 5 atom stereocenters. The van der Waals surface area contributed by atoms with Crippen LogP contribution in [0, 0.1) is 0 Å². The quantitative estimate of drug-likeness (QED) is 0.0169. The van der Waals surface area contributed by atoms with Crippen LogP contribution in [-0.2, 0) is 65.4 Å². The first-order valence-electron chi connectivity index (χ1n) is 36.2. The van der Waals surface area contributed by atoms with Gasteiger partial charge in [-0.2, -0.15) is 0 Å². The monoisotopic (exact) mass is 1340 g/mol. The van der Waals surface area contributed by atoms with Gasteiger partial charge in [0.25, 0.3) is 0 Å². The van der Waals surface area contributed by atoms with Gasteiger partial charge in [-0.25, -0.2) is 9.13 Å². The number of hydrogen-bond donors (Lipinski definition) is 3. The Hall–Kier alpha value is -3.50. The largest absolute Gasteiger partial charge is 0.472 e. The Labute approximate surface area is 558 Å². The number of phosphoric ester groups is 2. The van der Waals surface area contributed by atoms with E-state index in [0.717, 1.165) is 167 Å². The lowest BCUT2D eigenvalue weighted by Crippen LogP contribution is -2.30. The zero-order valence-electron chi connectivity index (χ0n) is 58.0. The van der Waals surface area contributed by atoms with Gasteiger partial charge >= 0.3 is 39.5 Å². The van der Waals surface area contributed by atoms with Crippen molar-refractivity contribution >= 4 is 39.5 Å². The highest BCUT2D eigenvalue weighted by Gasteiger charge is 2.30. The van der Waals surface area contributed by atoms with Crippen molar-refractivity contribution in [2.24, 2.45) is 0 Å².